The summed E-state index contributed by atoms with van der Waals surface area (Å²) in [5.41, 5.74) is 5.83. The van der Waals surface area contributed by atoms with Gasteiger partial charge in [-0.3, -0.25) is 4.79 Å². The van der Waals surface area contributed by atoms with Crippen LogP contribution in [0.15, 0.2) is 35.7 Å². The van der Waals surface area contributed by atoms with Gasteiger partial charge in [-0.2, -0.15) is 18.4 Å². The number of hydrogen-bond donors (Lipinski definition) is 1. The summed E-state index contributed by atoms with van der Waals surface area (Å²) in [7, 11) is 0. The van der Waals surface area contributed by atoms with Crippen molar-refractivity contribution in [1.29, 1.82) is 5.26 Å². The first kappa shape index (κ1) is 19.0. The first-order valence-electron chi connectivity index (χ1n) is 8.16. The van der Waals surface area contributed by atoms with Crippen LogP contribution in [-0.2, 0) is 20.5 Å². The fourth-order valence-electron chi connectivity index (χ4n) is 3.26. The molecule has 144 valence electrons. The quantitative estimate of drug-likeness (QED) is 0.839. The summed E-state index contributed by atoms with van der Waals surface area (Å²) < 4.78 is 44.0. The molecule has 10 heteroatoms. The molecular formula is C17H17F3N4O3. The highest BCUT2D eigenvalue weighted by Crippen LogP contribution is 2.38. The molecule has 0 aromatic heterocycles. The molecule has 2 aliphatic rings. The minimum absolute atomic E-state index is 0.00154. The molecule has 0 aliphatic carbocycles. The van der Waals surface area contributed by atoms with Crippen LogP contribution in [0.3, 0.4) is 0 Å². The van der Waals surface area contributed by atoms with Crippen molar-refractivity contribution in [3.63, 3.8) is 0 Å². The average Bonchev–Trinajstić information content (AvgIpc) is 2.61. The molecule has 2 atom stereocenters. The first-order valence-corrected chi connectivity index (χ1v) is 8.16. The number of fused-ring (bicyclic) bond motifs is 1. The van der Waals surface area contributed by atoms with E-state index in [1.54, 1.807) is 0 Å². The number of rotatable bonds is 2. The van der Waals surface area contributed by atoms with Gasteiger partial charge in [0.15, 0.2) is 0 Å². The molecule has 2 N–H and O–H groups in total. The van der Waals surface area contributed by atoms with Gasteiger partial charge in [-0.05, 0) is 35.9 Å². The number of nitrogens with zero attached hydrogens (tertiary/aromatic N) is 3. The summed E-state index contributed by atoms with van der Waals surface area (Å²) in [5.74, 6) is -0.945. The number of hydroxylamine groups is 1. The number of halogens is 3. The van der Waals surface area contributed by atoms with Crippen molar-refractivity contribution < 1.29 is 27.5 Å². The summed E-state index contributed by atoms with van der Waals surface area (Å²) in [4.78, 5) is 16.9. The lowest BCUT2D eigenvalue weighted by Crippen LogP contribution is -2.60. The highest BCUT2D eigenvalue weighted by molar-refractivity contribution is 5.66. The third-order valence-electron chi connectivity index (χ3n) is 4.46. The van der Waals surface area contributed by atoms with Gasteiger partial charge < -0.3 is 15.3 Å². The van der Waals surface area contributed by atoms with Crippen LogP contribution < -0.4 is 10.7 Å². The van der Waals surface area contributed by atoms with E-state index in [0.717, 1.165) is 12.1 Å². The molecule has 7 nitrogen and oxygen atoms in total. The van der Waals surface area contributed by atoms with Crippen molar-refractivity contribution in [3.05, 3.63) is 41.2 Å². The zero-order valence-corrected chi connectivity index (χ0v) is 14.4. The van der Waals surface area contributed by atoms with E-state index in [2.05, 4.69) is 6.07 Å². The minimum Gasteiger partial charge on any atom is -0.383 e. The van der Waals surface area contributed by atoms with Crippen LogP contribution in [-0.4, -0.2) is 30.4 Å². The van der Waals surface area contributed by atoms with Gasteiger partial charge in [0.25, 0.3) is 0 Å². The number of alkyl halides is 3. The van der Waals surface area contributed by atoms with Crippen LogP contribution >= 0.6 is 0 Å². The monoisotopic (exact) mass is 382 g/mol. The predicted octanol–water partition coefficient (Wildman–Crippen LogP) is 2.32. The predicted molar refractivity (Wildman–Crippen MR) is 87.1 cm³/mol. The molecule has 0 bridgehead atoms. The fourth-order valence-corrected chi connectivity index (χ4v) is 3.26. The second-order valence-electron chi connectivity index (χ2n) is 6.19. The topological polar surface area (TPSA) is 91.8 Å². The van der Waals surface area contributed by atoms with E-state index in [1.807, 2.05) is 0 Å². The molecule has 1 aromatic carbocycles. The molecule has 27 heavy (non-hydrogen) atoms. The number of hydrogen-bond acceptors (Lipinski definition) is 7. The number of carbonyl (C=O) groups is 1. The second kappa shape index (κ2) is 7.09. The highest BCUT2D eigenvalue weighted by Gasteiger charge is 2.45. The average molecular weight is 382 g/mol. The number of nitriles is 1. The molecule has 0 amide bonds. The summed E-state index contributed by atoms with van der Waals surface area (Å²) in [5, 5.41) is 12.0. The molecule has 1 fully saturated rings. The number of hydrazine groups is 1. The molecule has 2 heterocycles. The van der Waals surface area contributed by atoms with Crippen molar-refractivity contribution in [2.24, 2.45) is 11.7 Å². The van der Waals surface area contributed by atoms with E-state index in [9.17, 15) is 23.2 Å². The number of anilines is 1. The van der Waals surface area contributed by atoms with E-state index in [4.69, 9.17) is 15.3 Å². The minimum atomic E-state index is -4.49. The van der Waals surface area contributed by atoms with E-state index >= 15 is 0 Å². The number of benzene rings is 1. The van der Waals surface area contributed by atoms with Crippen LogP contribution in [0.4, 0.5) is 18.9 Å². The summed E-state index contributed by atoms with van der Waals surface area (Å²) in [6.07, 6.45) is -3.98. The summed E-state index contributed by atoms with van der Waals surface area (Å²) in [6, 6.07) is 5.74. The van der Waals surface area contributed by atoms with Gasteiger partial charge in [0.1, 0.15) is 5.82 Å². The molecule has 2 aliphatic heterocycles. The molecule has 3 rings (SSSR count). The Bertz CT molecular complexity index is 801. The third-order valence-corrected chi connectivity index (χ3v) is 4.46. The van der Waals surface area contributed by atoms with E-state index in [0.29, 0.717) is 13.0 Å². The maximum Gasteiger partial charge on any atom is 0.416 e. The van der Waals surface area contributed by atoms with Gasteiger partial charge in [-0.1, -0.05) is 0 Å². The summed E-state index contributed by atoms with van der Waals surface area (Å²) >= 11 is 0. The Balaban J connectivity index is 2.08. The fraction of sp³-hybridized carbons (Fsp3) is 0.412. The Hall–Kier alpha value is -2.77. The number of nitrogens with two attached hydrogens (primary N) is 1. The lowest BCUT2D eigenvalue weighted by Gasteiger charge is -2.47. The van der Waals surface area contributed by atoms with E-state index in [1.165, 1.54) is 29.2 Å². The van der Waals surface area contributed by atoms with Gasteiger partial charge in [0.2, 0.25) is 0 Å². The highest BCUT2D eigenvalue weighted by atomic mass is 19.4. The number of carbonyl (C=O) groups excluding carboxylic acids is 1. The van der Waals surface area contributed by atoms with E-state index < -0.39 is 23.8 Å². The Morgan fingerprint density at radius 2 is 2.04 bits per heavy atom. The Morgan fingerprint density at radius 1 is 1.37 bits per heavy atom. The standard InChI is InChI=1S/C17H17F3N4O3/c1-10(25)27-24-15-9-26-7-6-13(15)14(8-21)16(22)23(24)12-4-2-11(3-5-12)17(18,19)20/h2-5,13,15H,6-7,9,22H2,1H3. The van der Waals surface area contributed by atoms with Crippen molar-refractivity contribution in [2.75, 3.05) is 18.2 Å². The SMILES string of the molecule is CC(=O)ON1C2COCCC2C(C#N)=C(N)N1c1ccc(C(F)(F)F)cc1. The molecular weight excluding hydrogens is 365 g/mol. The maximum absolute atomic E-state index is 12.8. The van der Waals surface area contributed by atoms with Gasteiger partial charge in [0.05, 0.1) is 35.5 Å². The second-order valence-corrected chi connectivity index (χ2v) is 6.19. The van der Waals surface area contributed by atoms with Gasteiger partial charge in [0, 0.05) is 19.4 Å². The van der Waals surface area contributed by atoms with Gasteiger partial charge in [-0.15, -0.1) is 0 Å². The van der Waals surface area contributed by atoms with Crippen molar-refractivity contribution in [3.8, 4) is 6.07 Å². The molecule has 1 saturated heterocycles. The van der Waals surface area contributed by atoms with Crippen LogP contribution in [0.25, 0.3) is 0 Å². The van der Waals surface area contributed by atoms with Gasteiger partial charge in [-0.25, -0.2) is 5.01 Å². The largest absolute Gasteiger partial charge is 0.416 e. The smallest absolute Gasteiger partial charge is 0.383 e. The Kier molecular flexibility index (Phi) is 4.99. The van der Waals surface area contributed by atoms with E-state index in [-0.39, 0.29) is 29.6 Å². The zero-order chi connectivity index (χ0) is 19.8. The Labute approximate surface area is 153 Å². The zero-order valence-electron chi connectivity index (χ0n) is 14.4. The lowest BCUT2D eigenvalue weighted by atomic mass is 9.86. The molecule has 0 radical (unpaired) electrons. The molecule has 1 aromatic rings. The normalized spacial score (nSPS) is 23.6. The van der Waals surface area contributed by atoms with Crippen LogP contribution in [0.5, 0.6) is 0 Å². The van der Waals surface area contributed by atoms with Crippen molar-refractivity contribution >= 4 is 11.7 Å². The Morgan fingerprint density at radius 3 is 2.59 bits per heavy atom. The van der Waals surface area contributed by atoms with Gasteiger partial charge >= 0.3 is 12.1 Å². The maximum atomic E-state index is 12.8. The third kappa shape index (κ3) is 3.56. The molecule has 0 saturated carbocycles. The van der Waals surface area contributed by atoms with Crippen LogP contribution in [0, 0.1) is 17.2 Å². The number of ether oxygens (including phenoxy) is 1. The molecule has 0 spiro atoms. The van der Waals surface area contributed by atoms with Crippen LogP contribution in [0.2, 0.25) is 0 Å². The molecule has 2 unspecified atom stereocenters. The van der Waals surface area contributed by atoms with Crippen molar-refractivity contribution in [2.45, 2.75) is 25.6 Å². The first-order chi connectivity index (χ1) is 12.7. The lowest BCUT2D eigenvalue weighted by molar-refractivity contribution is -0.220. The van der Waals surface area contributed by atoms with Crippen LogP contribution in [0.1, 0.15) is 18.9 Å². The van der Waals surface area contributed by atoms with Crippen molar-refractivity contribution in [1.82, 2.24) is 5.17 Å². The summed E-state index contributed by atoms with van der Waals surface area (Å²) in [6.45, 7) is 1.80.